The fourth-order valence-corrected chi connectivity index (χ4v) is 2.28. The first-order valence-electron chi connectivity index (χ1n) is 4.68. The van der Waals surface area contributed by atoms with Gasteiger partial charge in [0.15, 0.2) is 0 Å². The molecule has 1 N–H and O–H groups in total. The summed E-state index contributed by atoms with van der Waals surface area (Å²) >= 11 is 7.53. The highest BCUT2D eigenvalue weighted by atomic mass is 35.5. The summed E-state index contributed by atoms with van der Waals surface area (Å²) in [6.07, 6.45) is 2.47. The molecule has 13 heavy (non-hydrogen) atoms. The Balaban J connectivity index is 2.26. The van der Waals surface area contributed by atoms with Crippen LogP contribution in [0.5, 0.6) is 0 Å². The highest BCUT2D eigenvalue weighted by molar-refractivity contribution is 7.10. The van der Waals surface area contributed by atoms with E-state index in [1.54, 1.807) is 11.3 Å². The Morgan fingerprint density at radius 3 is 2.92 bits per heavy atom. The molecule has 0 spiro atoms. The SMILES string of the molecule is CCCC(C)NCc1cc(Cl)cs1. The van der Waals surface area contributed by atoms with Crippen molar-refractivity contribution < 1.29 is 0 Å². The van der Waals surface area contributed by atoms with E-state index in [1.807, 2.05) is 11.4 Å². The molecule has 0 amide bonds. The summed E-state index contributed by atoms with van der Waals surface area (Å²) in [7, 11) is 0. The van der Waals surface area contributed by atoms with Gasteiger partial charge < -0.3 is 5.32 Å². The van der Waals surface area contributed by atoms with E-state index in [-0.39, 0.29) is 0 Å². The van der Waals surface area contributed by atoms with Gasteiger partial charge in [-0.2, -0.15) is 0 Å². The summed E-state index contributed by atoms with van der Waals surface area (Å²) in [5.74, 6) is 0. The second-order valence-corrected chi connectivity index (χ2v) is 4.73. The molecule has 1 unspecified atom stereocenters. The van der Waals surface area contributed by atoms with Crippen LogP contribution in [0.4, 0.5) is 0 Å². The van der Waals surface area contributed by atoms with Crippen molar-refractivity contribution in [1.82, 2.24) is 5.32 Å². The van der Waals surface area contributed by atoms with Crippen molar-refractivity contribution >= 4 is 22.9 Å². The summed E-state index contributed by atoms with van der Waals surface area (Å²) in [5, 5.41) is 6.29. The molecule has 0 aliphatic heterocycles. The van der Waals surface area contributed by atoms with Crippen LogP contribution in [0.1, 0.15) is 31.6 Å². The van der Waals surface area contributed by atoms with Crippen LogP contribution in [0.2, 0.25) is 5.02 Å². The van der Waals surface area contributed by atoms with Gasteiger partial charge in [-0.25, -0.2) is 0 Å². The van der Waals surface area contributed by atoms with Gasteiger partial charge in [-0.3, -0.25) is 0 Å². The van der Waals surface area contributed by atoms with E-state index in [4.69, 9.17) is 11.6 Å². The molecular formula is C10H16ClNS. The lowest BCUT2D eigenvalue weighted by Crippen LogP contribution is -2.24. The maximum absolute atomic E-state index is 5.82. The van der Waals surface area contributed by atoms with E-state index in [1.165, 1.54) is 17.7 Å². The van der Waals surface area contributed by atoms with Gasteiger partial charge in [-0.1, -0.05) is 24.9 Å². The molecule has 1 heterocycles. The molecule has 0 saturated heterocycles. The zero-order valence-electron chi connectivity index (χ0n) is 8.14. The average Bonchev–Trinajstić information content (AvgIpc) is 2.49. The second kappa shape index (κ2) is 5.63. The van der Waals surface area contributed by atoms with Gasteiger partial charge in [0.1, 0.15) is 0 Å². The number of nitrogens with one attached hydrogen (secondary N) is 1. The Kier molecular flexibility index (Phi) is 4.78. The summed E-state index contributed by atoms with van der Waals surface area (Å²) in [4.78, 5) is 1.31. The maximum atomic E-state index is 5.82. The third kappa shape index (κ3) is 4.12. The zero-order valence-corrected chi connectivity index (χ0v) is 9.71. The van der Waals surface area contributed by atoms with Gasteiger partial charge in [0, 0.05) is 22.8 Å². The third-order valence-corrected chi connectivity index (χ3v) is 3.25. The molecule has 1 nitrogen and oxygen atoms in total. The maximum Gasteiger partial charge on any atom is 0.0516 e. The minimum Gasteiger partial charge on any atom is -0.309 e. The van der Waals surface area contributed by atoms with Crippen molar-refractivity contribution in [2.45, 2.75) is 39.3 Å². The molecule has 0 bridgehead atoms. The number of hydrogen-bond acceptors (Lipinski definition) is 2. The Morgan fingerprint density at radius 1 is 1.62 bits per heavy atom. The lowest BCUT2D eigenvalue weighted by molar-refractivity contribution is 0.511. The monoisotopic (exact) mass is 217 g/mol. The number of halogens is 1. The Morgan fingerprint density at radius 2 is 2.38 bits per heavy atom. The first-order chi connectivity index (χ1) is 6.22. The molecular weight excluding hydrogens is 202 g/mol. The van der Waals surface area contributed by atoms with Crippen molar-refractivity contribution in [3.8, 4) is 0 Å². The van der Waals surface area contributed by atoms with Gasteiger partial charge >= 0.3 is 0 Å². The molecule has 1 rings (SSSR count). The minimum atomic E-state index is 0.603. The topological polar surface area (TPSA) is 12.0 Å². The fraction of sp³-hybridized carbons (Fsp3) is 0.600. The molecule has 0 saturated carbocycles. The lowest BCUT2D eigenvalue weighted by Gasteiger charge is -2.10. The van der Waals surface area contributed by atoms with Crippen molar-refractivity contribution in [3.63, 3.8) is 0 Å². The molecule has 0 aliphatic rings. The van der Waals surface area contributed by atoms with Crippen LogP contribution in [-0.4, -0.2) is 6.04 Å². The Labute approximate surface area is 89.1 Å². The average molecular weight is 218 g/mol. The Bertz CT molecular complexity index is 247. The van der Waals surface area contributed by atoms with Crippen molar-refractivity contribution in [3.05, 3.63) is 21.3 Å². The van der Waals surface area contributed by atoms with Crippen LogP contribution in [0.15, 0.2) is 11.4 Å². The Hall–Kier alpha value is -0.0500. The molecule has 74 valence electrons. The summed E-state index contributed by atoms with van der Waals surface area (Å²) < 4.78 is 0. The number of rotatable bonds is 5. The van der Waals surface area contributed by atoms with E-state index < -0.39 is 0 Å². The second-order valence-electron chi connectivity index (χ2n) is 3.30. The first-order valence-corrected chi connectivity index (χ1v) is 5.94. The van der Waals surface area contributed by atoms with Crippen molar-refractivity contribution in [2.75, 3.05) is 0 Å². The summed E-state index contributed by atoms with van der Waals surface area (Å²) in [5.41, 5.74) is 0. The van der Waals surface area contributed by atoms with Crippen LogP contribution in [0, 0.1) is 0 Å². The fourth-order valence-electron chi connectivity index (χ4n) is 1.26. The smallest absolute Gasteiger partial charge is 0.0516 e. The lowest BCUT2D eigenvalue weighted by atomic mass is 10.2. The van der Waals surface area contributed by atoms with Gasteiger partial charge in [-0.05, 0) is 19.4 Å². The van der Waals surface area contributed by atoms with Gasteiger partial charge in [-0.15, -0.1) is 11.3 Å². The van der Waals surface area contributed by atoms with Crippen LogP contribution in [-0.2, 0) is 6.54 Å². The van der Waals surface area contributed by atoms with Crippen LogP contribution >= 0.6 is 22.9 Å². The number of hydrogen-bond donors (Lipinski definition) is 1. The zero-order chi connectivity index (χ0) is 9.68. The first kappa shape index (κ1) is 11.0. The van der Waals surface area contributed by atoms with Gasteiger partial charge in [0.25, 0.3) is 0 Å². The van der Waals surface area contributed by atoms with E-state index in [0.29, 0.717) is 6.04 Å². The summed E-state index contributed by atoms with van der Waals surface area (Å²) in [6, 6.07) is 2.63. The summed E-state index contributed by atoms with van der Waals surface area (Å²) in [6.45, 7) is 5.37. The quantitative estimate of drug-likeness (QED) is 0.794. The molecule has 0 aromatic carbocycles. The molecule has 0 radical (unpaired) electrons. The van der Waals surface area contributed by atoms with Crippen LogP contribution < -0.4 is 5.32 Å². The minimum absolute atomic E-state index is 0.603. The normalized spacial score (nSPS) is 13.2. The largest absolute Gasteiger partial charge is 0.309 e. The molecule has 3 heteroatoms. The van der Waals surface area contributed by atoms with Crippen molar-refractivity contribution in [1.29, 1.82) is 0 Å². The molecule has 1 aromatic heterocycles. The highest BCUT2D eigenvalue weighted by Crippen LogP contribution is 2.18. The highest BCUT2D eigenvalue weighted by Gasteiger charge is 2.01. The van der Waals surface area contributed by atoms with Gasteiger partial charge in [0.2, 0.25) is 0 Å². The van der Waals surface area contributed by atoms with Crippen molar-refractivity contribution in [2.24, 2.45) is 0 Å². The van der Waals surface area contributed by atoms with Gasteiger partial charge in [0.05, 0.1) is 5.02 Å². The van der Waals surface area contributed by atoms with E-state index in [9.17, 15) is 0 Å². The van der Waals surface area contributed by atoms with E-state index in [2.05, 4.69) is 19.2 Å². The van der Waals surface area contributed by atoms with E-state index >= 15 is 0 Å². The molecule has 0 fully saturated rings. The number of thiophene rings is 1. The molecule has 0 aliphatic carbocycles. The predicted molar refractivity (Wildman–Crippen MR) is 60.5 cm³/mol. The predicted octanol–water partition coefficient (Wildman–Crippen LogP) is 3.68. The molecule has 1 atom stereocenters. The van der Waals surface area contributed by atoms with Crippen LogP contribution in [0.25, 0.3) is 0 Å². The third-order valence-electron chi connectivity index (χ3n) is 1.97. The molecule has 1 aromatic rings. The standard InChI is InChI=1S/C10H16ClNS/c1-3-4-8(2)12-6-10-5-9(11)7-13-10/h5,7-8,12H,3-4,6H2,1-2H3. The van der Waals surface area contributed by atoms with E-state index in [0.717, 1.165) is 11.6 Å². The van der Waals surface area contributed by atoms with Crippen LogP contribution in [0.3, 0.4) is 0 Å².